The third-order valence-electron chi connectivity index (χ3n) is 5.39. The Morgan fingerprint density at radius 3 is 2.69 bits per heavy atom. The smallest absolute Gasteiger partial charge is 0.231 e. The SMILES string of the molecule is Cn1cc(/C=C2\Oc3cc(OCC(=O)c4ccc(Br)cc4)ccc3C2=O)c2ccccc21. The van der Waals surface area contributed by atoms with Crippen LogP contribution < -0.4 is 9.47 Å². The number of fused-ring (bicyclic) bond motifs is 2. The summed E-state index contributed by atoms with van der Waals surface area (Å²) >= 11 is 3.35. The first kappa shape index (κ1) is 20.3. The molecule has 3 aromatic carbocycles. The summed E-state index contributed by atoms with van der Waals surface area (Å²) in [4.78, 5) is 25.2. The quantitative estimate of drug-likeness (QED) is 0.263. The Hall–Kier alpha value is -3.64. The lowest BCUT2D eigenvalue weighted by Gasteiger charge is -2.07. The van der Waals surface area contributed by atoms with Crippen LogP contribution in [0.1, 0.15) is 26.3 Å². The van der Waals surface area contributed by atoms with Gasteiger partial charge in [-0.05, 0) is 36.4 Å². The van der Waals surface area contributed by atoms with Gasteiger partial charge in [0.05, 0.1) is 5.56 Å². The van der Waals surface area contributed by atoms with Crippen LogP contribution in [-0.4, -0.2) is 22.7 Å². The highest BCUT2D eigenvalue weighted by molar-refractivity contribution is 9.10. The fraction of sp³-hybridized carbons (Fsp3) is 0.0769. The molecule has 2 heterocycles. The second-order valence-electron chi connectivity index (χ2n) is 7.53. The zero-order valence-electron chi connectivity index (χ0n) is 17.2. The fourth-order valence-electron chi connectivity index (χ4n) is 3.75. The van der Waals surface area contributed by atoms with Gasteiger partial charge in [0.15, 0.2) is 18.1 Å². The molecule has 158 valence electrons. The van der Waals surface area contributed by atoms with Crippen molar-refractivity contribution >= 4 is 44.5 Å². The fourth-order valence-corrected chi connectivity index (χ4v) is 4.02. The van der Waals surface area contributed by atoms with Gasteiger partial charge in [-0.3, -0.25) is 9.59 Å². The molecule has 1 aromatic heterocycles. The first-order valence-corrected chi connectivity index (χ1v) is 10.8. The highest BCUT2D eigenvalue weighted by Gasteiger charge is 2.28. The van der Waals surface area contributed by atoms with Gasteiger partial charge in [-0.15, -0.1) is 0 Å². The average molecular weight is 488 g/mol. The number of aryl methyl sites for hydroxylation is 1. The van der Waals surface area contributed by atoms with Crippen molar-refractivity contribution in [2.24, 2.45) is 7.05 Å². The summed E-state index contributed by atoms with van der Waals surface area (Å²) in [7, 11) is 1.97. The van der Waals surface area contributed by atoms with E-state index in [4.69, 9.17) is 9.47 Å². The number of ketones is 2. The molecule has 0 spiro atoms. The third kappa shape index (κ3) is 3.74. The van der Waals surface area contributed by atoms with Crippen LogP contribution in [0.2, 0.25) is 0 Å². The van der Waals surface area contributed by atoms with E-state index in [1.807, 2.05) is 54.2 Å². The Kier molecular flexibility index (Phi) is 5.15. The lowest BCUT2D eigenvalue weighted by Crippen LogP contribution is -2.11. The van der Waals surface area contributed by atoms with Gasteiger partial charge >= 0.3 is 0 Å². The number of ether oxygens (including phenoxy) is 2. The van der Waals surface area contributed by atoms with E-state index in [-0.39, 0.29) is 23.9 Å². The number of carbonyl (C=O) groups is 2. The minimum atomic E-state index is -0.176. The summed E-state index contributed by atoms with van der Waals surface area (Å²) in [5, 5.41) is 1.05. The standard InChI is InChI=1S/C26H18BrNO4/c1-28-14-17(20-4-2-3-5-22(20)28)12-25-26(30)21-11-10-19(13-24(21)32-25)31-15-23(29)16-6-8-18(27)9-7-16/h2-14H,15H2,1H3/b25-12-. The highest BCUT2D eigenvalue weighted by atomic mass is 79.9. The van der Waals surface area contributed by atoms with Crippen LogP contribution in [0.25, 0.3) is 17.0 Å². The zero-order valence-corrected chi connectivity index (χ0v) is 18.8. The molecule has 0 bridgehead atoms. The molecule has 5 nitrogen and oxygen atoms in total. The third-order valence-corrected chi connectivity index (χ3v) is 5.92. The largest absolute Gasteiger partial charge is 0.485 e. The minimum Gasteiger partial charge on any atom is -0.485 e. The minimum absolute atomic E-state index is 0.104. The molecule has 0 aliphatic carbocycles. The van der Waals surface area contributed by atoms with Gasteiger partial charge < -0.3 is 14.0 Å². The number of hydrogen-bond donors (Lipinski definition) is 0. The molecular formula is C26H18BrNO4. The van der Waals surface area contributed by atoms with Gasteiger partial charge in [0.2, 0.25) is 5.78 Å². The Labute approximate surface area is 193 Å². The maximum Gasteiger partial charge on any atom is 0.231 e. The van der Waals surface area contributed by atoms with E-state index in [9.17, 15) is 9.59 Å². The van der Waals surface area contributed by atoms with Crippen molar-refractivity contribution in [2.75, 3.05) is 6.61 Å². The molecule has 0 radical (unpaired) electrons. The molecule has 0 amide bonds. The Balaban J connectivity index is 1.34. The lowest BCUT2D eigenvalue weighted by atomic mass is 10.1. The average Bonchev–Trinajstić information content (AvgIpc) is 3.29. The molecule has 0 saturated carbocycles. The number of benzene rings is 3. The van der Waals surface area contributed by atoms with Crippen molar-refractivity contribution in [3.05, 3.63) is 99.8 Å². The number of carbonyl (C=O) groups excluding carboxylic acids is 2. The molecule has 0 atom stereocenters. The number of nitrogens with zero attached hydrogens (tertiary/aromatic N) is 1. The van der Waals surface area contributed by atoms with Crippen LogP contribution in [0.4, 0.5) is 0 Å². The van der Waals surface area contributed by atoms with Gasteiger partial charge in [-0.2, -0.15) is 0 Å². The molecular weight excluding hydrogens is 470 g/mol. The second kappa shape index (κ2) is 8.13. The monoisotopic (exact) mass is 487 g/mol. The number of halogens is 1. The molecule has 4 aromatic rings. The summed E-state index contributed by atoms with van der Waals surface area (Å²) in [5.41, 5.74) is 3.04. The van der Waals surface area contributed by atoms with Crippen molar-refractivity contribution < 1.29 is 19.1 Å². The van der Waals surface area contributed by atoms with E-state index in [0.717, 1.165) is 20.9 Å². The van der Waals surface area contributed by atoms with Crippen LogP contribution in [0, 0.1) is 0 Å². The van der Waals surface area contributed by atoms with Crippen molar-refractivity contribution in [3.8, 4) is 11.5 Å². The van der Waals surface area contributed by atoms with Crippen molar-refractivity contribution in [1.82, 2.24) is 4.57 Å². The van der Waals surface area contributed by atoms with Gasteiger partial charge in [-0.1, -0.05) is 46.3 Å². The second-order valence-corrected chi connectivity index (χ2v) is 8.44. The zero-order chi connectivity index (χ0) is 22.2. The maximum atomic E-state index is 12.8. The number of Topliss-reactive ketones (excluding diaryl/α,β-unsaturated/α-hetero) is 2. The predicted molar refractivity (Wildman–Crippen MR) is 126 cm³/mol. The summed E-state index contributed by atoms with van der Waals surface area (Å²) in [6.07, 6.45) is 3.74. The number of rotatable bonds is 5. The van der Waals surface area contributed by atoms with Crippen LogP contribution in [-0.2, 0) is 7.05 Å². The number of hydrogen-bond acceptors (Lipinski definition) is 4. The molecule has 1 aliphatic heterocycles. The lowest BCUT2D eigenvalue weighted by molar-refractivity contribution is 0.0921. The van der Waals surface area contributed by atoms with E-state index < -0.39 is 0 Å². The summed E-state index contributed by atoms with van der Waals surface area (Å²) < 4.78 is 14.4. The molecule has 0 fully saturated rings. The van der Waals surface area contributed by atoms with Crippen LogP contribution in [0.5, 0.6) is 11.5 Å². The van der Waals surface area contributed by atoms with E-state index in [1.54, 1.807) is 36.4 Å². The first-order chi connectivity index (χ1) is 15.5. The highest BCUT2D eigenvalue weighted by Crippen LogP contribution is 2.35. The maximum absolute atomic E-state index is 12.8. The molecule has 0 saturated heterocycles. The topological polar surface area (TPSA) is 57.5 Å². The summed E-state index contributed by atoms with van der Waals surface area (Å²) in [6.45, 7) is -0.104. The number of para-hydroxylation sites is 1. The van der Waals surface area contributed by atoms with Gasteiger partial charge in [-0.25, -0.2) is 0 Å². The Morgan fingerprint density at radius 2 is 1.88 bits per heavy atom. The molecule has 6 heteroatoms. The molecule has 5 rings (SSSR count). The number of aromatic nitrogens is 1. The van der Waals surface area contributed by atoms with Crippen LogP contribution >= 0.6 is 15.9 Å². The van der Waals surface area contributed by atoms with E-state index in [1.165, 1.54) is 0 Å². The normalized spacial score (nSPS) is 13.9. The van der Waals surface area contributed by atoms with Gasteiger partial charge in [0.25, 0.3) is 0 Å². The summed E-state index contributed by atoms with van der Waals surface area (Å²) in [5.74, 6) is 0.847. The van der Waals surface area contributed by atoms with Crippen molar-refractivity contribution in [2.45, 2.75) is 0 Å². The van der Waals surface area contributed by atoms with E-state index in [2.05, 4.69) is 15.9 Å². The van der Waals surface area contributed by atoms with Crippen molar-refractivity contribution in [3.63, 3.8) is 0 Å². The molecule has 0 unspecified atom stereocenters. The van der Waals surface area contributed by atoms with E-state index >= 15 is 0 Å². The van der Waals surface area contributed by atoms with Crippen molar-refractivity contribution in [1.29, 1.82) is 0 Å². The molecule has 0 N–H and O–H groups in total. The van der Waals surface area contributed by atoms with Crippen LogP contribution in [0.15, 0.2) is 83.2 Å². The first-order valence-electron chi connectivity index (χ1n) is 10.0. The van der Waals surface area contributed by atoms with Gasteiger partial charge in [0, 0.05) is 45.8 Å². The predicted octanol–water partition coefficient (Wildman–Crippen LogP) is 5.82. The molecule has 1 aliphatic rings. The Morgan fingerprint density at radius 1 is 1.09 bits per heavy atom. The van der Waals surface area contributed by atoms with Crippen LogP contribution in [0.3, 0.4) is 0 Å². The number of allylic oxidation sites excluding steroid dienone is 1. The van der Waals surface area contributed by atoms with Gasteiger partial charge in [0.1, 0.15) is 11.5 Å². The Bertz CT molecular complexity index is 1400. The molecule has 32 heavy (non-hydrogen) atoms. The summed E-state index contributed by atoms with van der Waals surface area (Å²) in [6, 6.07) is 20.1. The van der Waals surface area contributed by atoms with E-state index in [0.29, 0.717) is 22.6 Å².